The normalized spacial score (nSPS) is 17.1. The molecule has 2 unspecified atom stereocenters. The van der Waals surface area contributed by atoms with E-state index in [0.717, 1.165) is 53.9 Å². The predicted molar refractivity (Wildman–Crippen MR) is 154 cm³/mol. The zero-order valence-corrected chi connectivity index (χ0v) is 22.9. The van der Waals surface area contributed by atoms with Crippen LogP contribution >= 0.6 is 0 Å². The number of aromatic nitrogens is 2. The van der Waals surface area contributed by atoms with Crippen LogP contribution < -0.4 is 21.3 Å². The first kappa shape index (κ1) is 28.4. The number of hydrogen-bond donors (Lipinski definition) is 1. The first-order valence-corrected chi connectivity index (χ1v) is 13.8. The minimum absolute atomic E-state index is 0.0727. The summed E-state index contributed by atoms with van der Waals surface area (Å²) >= 11 is 0. The Morgan fingerprint density at radius 3 is 2.62 bits per heavy atom. The predicted octanol–water partition coefficient (Wildman–Crippen LogP) is 4.53. The number of nitrogens with zero attached hydrogens (tertiary/aromatic N) is 4. The van der Waals surface area contributed by atoms with Gasteiger partial charge in [0.15, 0.2) is 0 Å². The minimum atomic E-state index is -0.200. The third-order valence-electron chi connectivity index (χ3n) is 7.67. The van der Waals surface area contributed by atoms with Crippen LogP contribution in [0.15, 0.2) is 42.6 Å². The van der Waals surface area contributed by atoms with E-state index in [1.165, 1.54) is 19.3 Å². The molecule has 0 spiro atoms. The van der Waals surface area contributed by atoms with Gasteiger partial charge in [0, 0.05) is 17.8 Å². The van der Waals surface area contributed by atoms with Crippen LogP contribution in [-0.2, 0) is 6.54 Å². The maximum absolute atomic E-state index is 13.7. The molecule has 0 radical (unpaired) electrons. The highest BCUT2D eigenvalue weighted by Crippen LogP contribution is 2.26. The van der Waals surface area contributed by atoms with Gasteiger partial charge in [-0.2, -0.15) is 5.26 Å². The van der Waals surface area contributed by atoms with Crippen LogP contribution in [0.25, 0.3) is 23.1 Å². The summed E-state index contributed by atoms with van der Waals surface area (Å²) < 4.78 is 1.88. The van der Waals surface area contributed by atoms with Gasteiger partial charge in [0.25, 0.3) is 5.56 Å². The Kier molecular flexibility index (Phi) is 10.7. The number of nitrogens with one attached hydrogen (secondary N) is 1. The molecule has 0 saturated heterocycles. The van der Waals surface area contributed by atoms with Gasteiger partial charge < -0.3 is 5.32 Å². The lowest BCUT2D eigenvalue weighted by molar-refractivity contribution is 0.259. The number of hydrogen-bond acceptors (Lipinski definition) is 5. The summed E-state index contributed by atoms with van der Waals surface area (Å²) in [5.74, 6) is -0.200. The van der Waals surface area contributed by atoms with Crippen LogP contribution in [0.5, 0.6) is 0 Å². The summed E-state index contributed by atoms with van der Waals surface area (Å²) in [6.07, 6.45) is 16.8. The smallest absolute Gasteiger partial charge is 0.261 e. The largest absolute Gasteiger partial charge is 0.384 e. The third kappa shape index (κ3) is 6.59. The molecule has 6 heteroatoms. The summed E-state index contributed by atoms with van der Waals surface area (Å²) in [6, 6.07) is 4.62. The summed E-state index contributed by atoms with van der Waals surface area (Å²) in [6.45, 7) is 16.2. The van der Waals surface area contributed by atoms with E-state index >= 15 is 0 Å². The molecule has 1 saturated carbocycles. The summed E-state index contributed by atoms with van der Waals surface area (Å²) in [7, 11) is 0. The fraction of sp³-hybridized carbons (Fsp3) is 0.516. The van der Waals surface area contributed by atoms with Gasteiger partial charge in [0.2, 0.25) is 0 Å². The highest BCUT2D eigenvalue weighted by atomic mass is 16.1. The SMILES string of the molecule is C=CNC(C=C)C(C#N)CCN(CC)Cc1cc2c(=O)n(C3CCCCC3)cnc2c(=C/CC)/c1=C\C. The zero-order chi connectivity index (χ0) is 26.8. The molecular weight excluding hydrogens is 458 g/mol. The molecule has 2 atom stereocenters. The standard InChI is InChI=1S/C31H43N5O/c1-6-14-27-26(7-2)24(21-35(10-5)18-17-23(20-32)29(8-3)33-9-4)19-28-30(27)34-22-36(31(28)37)25-15-12-11-13-16-25/h7-9,14,19,22-23,25,29,33H,3-4,6,10-13,15-18,21H2,1-2,5H3/b26-7-,27-14+. The van der Waals surface area contributed by atoms with E-state index in [2.05, 4.69) is 68.4 Å². The Hall–Kier alpha value is -3.17. The molecule has 0 amide bonds. The third-order valence-corrected chi connectivity index (χ3v) is 7.67. The highest BCUT2D eigenvalue weighted by molar-refractivity contribution is 5.80. The van der Waals surface area contributed by atoms with E-state index in [-0.39, 0.29) is 23.6 Å². The van der Waals surface area contributed by atoms with Crippen LogP contribution in [0.1, 0.15) is 77.3 Å². The summed E-state index contributed by atoms with van der Waals surface area (Å²) in [5, 5.41) is 15.8. The van der Waals surface area contributed by atoms with E-state index in [1.54, 1.807) is 18.6 Å². The average molecular weight is 502 g/mol. The maximum atomic E-state index is 13.7. The van der Waals surface area contributed by atoms with E-state index in [0.29, 0.717) is 18.4 Å². The lowest BCUT2D eigenvalue weighted by Gasteiger charge is -2.25. The van der Waals surface area contributed by atoms with E-state index in [4.69, 9.17) is 4.98 Å². The first-order chi connectivity index (χ1) is 18.0. The number of benzene rings is 1. The van der Waals surface area contributed by atoms with Gasteiger partial charge >= 0.3 is 0 Å². The fourth-order valence-electron chi connectivity index (χ4n) is 5.60. The molecule has 1 fully saturated rings. The Morgan fingerprint density at radius 2 is 2.03 bits per heavy atom. The van der Waals surface area contributed by atoms with Crippen molar-refractivity contribution in [3.63, 3.8) is 0 Å². The topological polar surface area (TPSA) is 74.0 Å². The molecular formula is C31H43N5O. The van der Waals surface area contributed by atoms with Crippen molar-refractivity contribution in [3.8, 4) is 6.07 Å². The molecule has 1 heterocycles. The van der Waals surface area contributed by atoms with Crippen molar-refractivity contribution < 1.29 is 0 Å². The molecule has 0 aliphatic heterocycles. The van der Waals surface area contributed by atoms with Gasteiger partial charge in [-0.05, 0) is 68.7 Å². The molecule has 2 aromatic rings. The number of rotatable bonds is 12. The molecule has 3 rings (SSSR count). The Morgan fingerprint density at radius 1 is 1.27 bits per heavy atom. The van der Waals surface area contributed by atoms with Crippen LogP contribution in [0, 0.1) is 17.2 Å². The Labute approximate surface area is 221 Å². The lowest BCUT2D eigenvalue weighted by Crippen LogP contribution is -2.37. The monoisotopic (exact) mass is 501 g/mol. The van der Waals surface area contributed by atoms with E-state index in [9.17, 15) is 10.1 Å². The first-order valence-electron chi connectivity index (χ1n) is 13.8. The molecule has 1 aliphatic carbocycles. The Balaban J connectivity index is 2.01. The van der Waals surface area contributed by atoms with E-state index < -0.39 is 0 Å². The van der Waals surface area contributed by atoms with Crippen molar-refractivity contribution in [1.29, 1.82) is 5.26 Å². The molecule has 1 aliphatic rings. The average Bonchev–Trinajstić information content (AvgIpc) is 2.93. The summed E-state index contributed by atoms with van der Waals surface area (Å²) in [4.78, 5) is 20.9. The molecule has 1 aromatic heterocycles. The lowest BCUT2D eigenvalue weighted by atomic mass is 9.95. The number of nitriles is 1. The van der Waals surface area contributed by atoms with Crippen molar-refractivity contribution in [2.45, 2.75) is 84.3 Å². The van der Waals surface area contributed by atoms with Crippen LogP contribution in [0.2, 0.25) is 0 Å². The highest BCUT2D eigenvalue weighted by Gasteiger charge is 2.20. The Bertz CT molecular complexity index is 1300. The van der Waals surface area contributed by atoms with Crippen molar-refractivity contribution >= 4 is 23.1 Å². The van der Waals surface area contributed by atoms with Crippen LogP contribution in [0.4, 0.5) is 0 Å². The van der Waals surface area contributed by atoms with Crippen LogP contribution in [-0.4, -0.2) is 33.6 Å². The molecule has 198 valence electrons. The molecule has 1 aromatic carbocycles. The minimum Gasteiger partial charge on any atom is -0.384 e. The van der Waals surface area contributed by atoms with Crippen molar-refractivity contribution in [3.05, 3.63) is 64.2 Å². The van der Waals surface area contributed by atoms with Gasteiger partial charge in [-0.3, -0.25) is 14.3 Å². The summed E-state index contributed by atoms with van der Waals surface area (Å²) in [5.41, 5.74) is 2.01. The zero-order valence-electron chi connectivity index (χ0n) is 22.9. The quantitative estimate of drug-likeness (QED) is 0.433. The second kappa shape index (κ2) is 13.9. The van der Waals surface area contributed by atoms with E-state index in [1.807, 2.05) is 4.57 Å². The van der Waals surface area contributed by atoms with Crippen molar-refractivity contribution in [2.75, 3.05) is 13.1 Å². The molecule has 1 N–H and O–H groups in total. The van der Waals surface area contributed by atoms with Crippen molar-refractivity contribution in [2.24, 2.45) is 5.92 Å². The van der Waals surface area contributed by atoms with Crippen molar-refractivity contribution in [1.82, 2.24) is 19.8 Å². The van der Waals surface area contributed by atoms with Gasteiger partial charge in [-0.25, -0.2) is 4.98 Å². The second-order valence-electron chi connectivity index (χ2n) is 9.93. The van der Waals surface area contributed by atoms with Gasteiger partial charge in [0.05, 0.1) is 35.3 Å². The van der Waals surface area contributed by atoms with Gasteiger partial charge in [-0.1, -0.05) is 57.9 Å². The van der Waals surface area contributed by atoms with Crippen LogP contribution in [0.3, 0.4) is 0 Å². The molecule has 37 heavy (non-hydrogen) atoms. The maximum Gasteiger partial charge on any atom is 0.261 e. The fourth-order valence-corrected chi connectivity index (χ4v) is 5.60. The second-order valence-corrected chi connectivity index (χ2v) is 9.93. The molecule has 6 nitrogen and oxygen atoms in total. The van der Waals surface area contributed by atoms with Gasteiger partial charge in [-0.15, -0.1) is 6.58 Å². The molecule has 0 bridgehead atoms. The number of fused-ring (bicyclic) bond motifs is 1. The van der Waals surface area contributed by atoms with Gasteiger partial charge in [0.1, 0.15) is 0 Å².